The maximum atomic E-state index is 4.29. The minimum absolute atomic E-state index is 0.306. The van der Waals surface area contributed by atoms with Crippen molar-refractivity contribution in [1.29, 1.82) is 0 Å². The third kappa shape index (κ3) is 7.77. The van der Waals surface area contributed by atoms with Crippen LogP contribution in [0.4, 0.5) is 0 Å². The number of hydrogen-bond donors (Lipinski definition) is 0. The maximum Gasteiger partial charge on any atom is 0.222 e. The van der Waals surface area contributed by atoms with Crippen molar-refractivity contribution in [2.75, 3.05) is 6.54 Å². The van der Waals surface area contributed by atoms with Gasteiger partial charge in [-0.1, -0.05) is 34.1 Å². The standard InChI is InChI=1S/C16H28N3/c1-14(2)10-8-6-5-7-9-11-16-13-19(18-17-16)12-15(3)4/h13-16H,5-7,9,11-12H2,1-4H3/q+1. The molecule has 1 heterocycles. The zero-order valence-corrected chi connectivity index (χ0v) is 12.9. The van der Waals surface area contributed by atoms with Crippen molar-refractivity contribution in [3.05, 3.63) is 0 Å². The lowest BCUT2D eigenvalue weighted by atomic mass is 10.1. The Bertz CT molecular complexity index is 369. The minimum atomic E-state index is 0.306. The highest BCUT2D eigenvalue weighted by atomic mass is 15.5. The molecule has 0 aromatic rings. The highest BCUT2D eigenvalue weighted by molar-refractivity contribution is 5.59. The van der Waals surface area contributed by atoms with Crippen molar-refractivity contribution in [3.8, 4) is 11.8 Å². The van der Waals surface area contributed by atoms with E-state index in [1.54, 1.807) is 0 Å². The molecule has 1 aliphatic heterocycles. The van der Waals surface area contributed by atoms with Crippen LogP contribution in [0.1, 0.15) is 59.8 Å². The molecule has 1 aliphatic rings. The highest BCUT2D eigenvalue weighted by Gasteiger charge is 2.21. The fourth-order valence-electron chi connectivity index (χ4n) is 2.01. The third-order valence-corrected chi connectivity index (χ3v) is 2.90. The molecule has 0 amide bonds. The Morgan fingerprint density at radius 3 is 2.63 bits per heavy atom. The van der Waals surface area contributed by atoms with Gasteiger partial charge in [-0.05, 0) is 18.8 Å². The van der Waals surface area contributed by atoms with Crippen molar-refractivity contribution in [3.63, 3.8) is 0 Å². The van der Waals surface area contributed by atoms with Gasteiger partial charge < -0.3 is 0 Å². The first-order valence-corrected chi connectivity index (χ1v) is 7.58. The molecule has 19 heavy (non-hydrogen) atoms. The van der Waals surface area contributed by atoms with Gasteiger partial charge in [0.05, 0.1) is 0 Å². The van der Waals surface area contributed by atoms with E-state index in [-0.39, 0.29) is 0 Å². The van der Waals surface area contributed by atoms with Crippen molar-refractivity contribution in [1.82, 2.24) is 0 Å². The van der Waals surface area contributed by atoms with E-state index in [9.17, 15) is 0 Å². The molecular weight excluding hydrogens is 234 g/mol. The van der Waals surface area contributed by atoms with Gasteiger partial charge in [0, 0.05) is 23.9 Å². The van der Waals surface area contributed by atoms with E-state index in [1.807, 2.05) is 4.68 Å². The van der Waals surface area contributed by atoms with Gasteiger partial charge in [0.2, 0.25) is 6.04 Å². The van der Waals surface area contributed by atoms with Crippen LogP contribution in [0.2, 0.25) is 0 Å². The molecule has 0 N–H and O–H groups in total. The van der Waals surface area contributed by atoms with Gasteiger partial charge >= 0.3 is 0 Å². The lowest BCUT2D eigenvalue weighted by Crippen LogP contribution is -2.13. The van der Waals surface area contributed by atoms with Crippen LogP contribution < -0.4 is 0 Å². The molecule has 0 radical (unpaired) electrons. The SMILES string of the molecule is CC(C)C#CCCCCCC1C=[N+](CC(C)C)N=N1. The van der Waals surface area contributed by atoms with Gasteiger partial charge in [0.15, 0.2) is 0 Å². The molecule has 0 saturated carbocycles. The number of unbranched alkanes of at least 4 members (excludes halogenated alkanes) is 3. The number of nitrogens with zero attached hydrogens (tertiary/aromatic N) is 3. The van der Waals surface area contributed by atoms with Gasteiger partial charge in [-0.2, -0.15) is 0 Å². The zero-order chi connectivity index (χ0) is 14.1. The van der Waals surface area contributed by atoms with Crippen molar-refractivity contribution >= 4 is 6.21 Å². The van der Waals surface area contributed by atoms with Crippen LogP contribution in [0.15, 0.2) is 10.3 Å². The molecule has 1 rings (SSSR count). The van der Waals surface area contributed by atoms with E-state index in [2.05, 4.69) is 56.1 Å². The van der Waals surface area contributed by atoms with Crippen molar-refractivity contribution in [2.24, 2.45) is 22.2 Å². The maximum absolute atomic E-state index is 4.29. The normalized spacial score (nSPS) is 17.8. The first-order valence-electron chi connectivity index (χ1n) is 7.58. The Hall–Kier alpha value is -1.17. The largest absolute Gasteiger partial charge is 0.222 e. The third-order valence-electron chi connectivity index (χ3n) is 2.90. The molecule has 0 spiro atoms. The Morgan fingerprint density at radius 1 is 1.16 bits per heavy atom. The van der Waals surface area contributed by atoms with Gasteiger partial charge in [0.25, 0.3) is 0 Å². The molecule has 0 bridgehead atoms. The molecule has 3 heteroatoms. The zero-order valence-electron chi connectivity index (χ0n) is 12.9. The second-order valence-corrected chi connectivity index (χ2v) is 6.01. The van der Waals surface area contributed by atoms with Crippen LogP contribution in [0.25, 0.3) is 0 Å². The quantitative estimate of drug-likeness (QED) is 0.375. The lowest BCUT2D eigenvalue weighted by Gasteiger charge is -1.98. The summed E-state index contributed by atoms with van der Waals surface area (Å²) in [5.74, 6) is 7.57. The molecule has 0 saturated heterocycles. The van der Waals surface area contributed by atoms with Crippen molar-refractivity contribution in [2.45, 2.75) is 65.8 Å². The fraction of sp³-hybridized carbons (Fsp3) is 0.812. The van der Waals surface area contributed by atoms with E-state index in [1.165, 1.54) is 19.3 Å². The molecule has 0 aliphatic carbocycles. The Kier molecular flexibility index (Phi) is 7.40. The summed E-state index contributed by atoms with van der Waals surface area (Å²) in [6, 6.07) is 0.306. The van der Waals surface area contributed by atoms with Gasteiger partial charge in [-0.25, -0.2) is 0 Å². The van der Waals surface area contributed by atoms with Gasteiger partial charge in [-0.3, -0.25) is 0 Å². The molecule has 3 nitrogen and oxygen atoms in total. The number of rotatable bonds is 7. The number of hydrogen-bond acceptors (Lipinski definition) is 2. The molecular formula is C16H28N3+. The summed E-state index contributed by atoms with van der Waals surface area (Å²) < 4.78 is 1.99. The van der Waals surface area contributed by atoms with Crippen LogP contribution in [0, 0.1) is 23.7 Å². The molecule has 0 aromatic heterocycles. The Labute approximate surface area is 118 Å². The Balaban J connectivity index is 2.07. The summed E-state index contributed by atoms with van der Waals surface area (Å²) in [6.07, 6.45) is 8.00. The predicted molar refractivity (Wildman–Crippen MR) is 80.4 cm³/mol. The second kappa shape index (κ2) is 8.85. The first kappa shape index (κ1) is 15.9. The van der Waals surface area contributed by atoms with Gasteiger partial charge in [0.1, 0.15) is 18.0 Å². The smallest absolute Gasteiger partial charge is 0.137 e. The minimum Gasteiger partial charge on any atom is -0.137 e. The van der Waals surface area contributed by atoms with Crippen molar-refractivity contribution < 1.29 is 4.68 Å². The molecule has 1 atom stereocenters. The van der Waals surface area contributed by atoms with Crippen LogP contribution in [0.5, 0.6) is 0 Å². The van der Waals surface area contributed by atoms with E-state index in [4.69, 9.17) is 0 Å². The van der Waals surface area contributed by atoms with Crippen LogP contribution in [-0.2, 0) is 0 Å². The molecule has 0 fully saturated rings. The summed E-state index contributed by atoms with van der Waals surface area (Å²) in [5.41, 5.74) is 0. The summed E-state index contributed by atoms with van der Waals surface area (Å²) in [5, 5.41) is 8.48. The topological polar surface area (TPSA) is 27.7 Å². The summed E-state index contributed by atoms with van der Waals surface area (Å²) in [7, 11) is 0. The average Bonchev–Trinajstić information content (AvgIpc) is 2.74. The second-order valence-electron chi connectivity index (χ2n) is 6.01. The first-order chi connectivity index (χ1) is 9.08. The van der Waals surface area contributed by atoms with Crippen LogP contribution >= 0.6 is 0 Å². The molecule has 1 unspecified atom stereocenters. The molecule has 106 valence electrons. The lowest BCUT2D eigenvalue weighted by molar-refractivity contribution is -0.537. The summed E-state index contributed by atoms with van der Waals surface area (Å²) in [6.45, 7) is 9.66. The van der Waals surface area contributed by atoms with Crippen LogP contribution in [0.3, 0.4) is 0 Å². The highest BCUT2D eigenvalue weighted by Crippen LogP contribution is 2.11. The van der Waals surface area contributed by atoms with Gasteiger partial charge in [-0.15, -0.1) is 16.5 Å². The monoisotopic (exact) mass is 262 g/mol. The summed E-state index contributed by atoms with van der Waals surface area (Å²) in [4.78, 5) is 0. The van der Waals surface area contributed by atoms with Crippen LogP contribution in [-0.4, -0.2) is 23.5 Å². The Morgan fingerprint density at radius 2 is 1.95 bits per heavy atom. The predicted octanol–water partition coefficient (Wildman–Crippen LogP) is 4.09. The fourth-order valence-corrected chi connectivity index (χ4v) is 2.01. The van der Waals surface area contributed by atoms with E-state index in [0.29, 0.717) is 17.9 Å². The average molecular weight is 262 g/mol. The van der Waals surface area contributed by atoms with E-state index < -0.39 is 0 Å². The van der Waals surface area contributed by atoms with E-state index in [0.717, 1.165) is 19.4 Å². The van der Waals surface area contributed by atoms with E-state index >= 15 is 0 Å². The summed E-state index contributed by atoms with van der Waals surface area (Å²) >= 11 is 0. The molecule has 0 aromatic carbocycles.